The molecule has 5 aromatic rings. The molecule has 5 nitrogen and oxygen atoms in total. The van der Waals surface area contributed by atoms with Gasteiger partial charge in [0.15, 0.2) is 5.16 Å². The Morgan fingerprint density at radius 2 is 1.70 bits per heavy atom. The van der Waals surface area contributed by atoms with E-state index in [-0.39, 0.29) is 11.7 Å². The number of nitrogens with zero attached hydrogens (tertiary/aromatic N) is 3. The van der Waals surface area contributed by atoms with E-state index in [4.69, 9.17) is 33.2 Å². The second-order valence-corrected chi connectivity index (χ2v) is 8.34. The van der Waals surface area contributed by atoms with Gasteiger partial charge in [-0.1, -0.05) is 65.3 Å². The van der Waals surface area contributed by atoms with Gasteiger partial charge in [-0.15, -0.1) is 0 Å². The van der Waals surface area contributed by atoms with Gasteiger partial charge >= 0.3 is 0 Å². The summed E-state index contributed by atoms with van der Waals surface area (Å²) in [7, 11) is 0. The van der Waals surface area contributed by atoms with Crippen LogP contribution in [-0.4, -0.2) is 26.0 Å². The molecular formula is C22H14Cl2N4OS. The van der Waals surface area contributed by atoms with E-state index < -0.39 is 0 Å². The summed E-state index contributed by atoms with van der Waals surface area (Å²) in [5.41, 5.74) is 3.97. The van der Waals surface area contributed by atoms with Gasteiger partial charge in [0.25, 0.3) is 0 Å². The molecule has 0 aliphatic rings. The molecule has 8 heteroatoms. The van der Waals surface area contributed by atoms with Crippen molar-refractivity contribution in [3.8, 4) is 0 Å². The number of amides is 1. The summed E-state index contributed by atoms with van der Waals surface area (Å²) in [5, 5.41) is 5.19. The van der Waals surface area contributed by atoms with E-state index in [2.05, 4.69) is 5.32 Å². The second kappa shape index (κ2) is 7.80. The molecule has 0 fully saturated rings. The molecule has 0 radical (unpaired) electrons. The van der Waals surface area contributed by atoms with Crippen molar-refractivity contribution in [3.05, 3.63) is 76.8 Å². The minimum absolute atomic E-state index is 0.162. The maximum Gasteiger partial charge on any atom is 0.234 e. The lowest BCUT2D eigenvalue weighted by molar-refractivity contribution is -0.113. The molecule has 3 aromatic carbocycles. The van der Waals surface area contributed by atoms with Crippen LogP contribution in [0.3, 0.4) is 0 Å². The zero-order valence-electron chi connectivity index (χ0n) is 15.5. The van der Waals surface area contributed by atoms with Crippen molar-refractivity contribution < 1.29 is 4.79 Å². The Bertz CT molecular complexity index is 1430. The molecule has 0 saturated heterocycles. The van der Waals surface area contributed by atoms with E-state index in [1.807, 2.05) is 52.9 Å². The number of benzene rings is 3. The lowest BCUT2D eigenvalue weighted by Gasteiger charge is -2.10. The maximum atomic E-state index is 12.6. The number of nitrogens with one attached hydrogen (secondary N) is 1. The number of rotatable bonds is 4. The molecule has 30 heavy (non-hydrogen) atoms. The molecule has 1 N–H and O–H groups in total. The zero-order valence-corrected chi connectivity index (χ0v) is 17.8. The average Bonchev–Trinajstić information content (AvgIpc) is 3.15. The van der Waals surface area contributed by atoms with Gasteiger partial charge in [-0.2, -0.15) is 0 Å². The van der Waals surface area contributed by atoms with Crippen LogP contribution in [0.2, 0.25) is 10.0 Å². The lowest BCUT2D eigenvalue weighted by atomic mass is 10.2. The molecule has 0 unspecified atom stereocenters. The van der Waals surface area contributed by atoms with Crippen LogP contribution in [-0.2, 0) is 4.79 Å². The van der Waals surface area contributed by atoms with Crippen molar-refractivity contribution in [2.24, 2.45) is 0 Å². The Kier molecular flexibility index (Phi) is 4.98. The van der Waals surface area contributed by atoms with Gasteiger partial charge in [0.05, 0.1) is 38.0 Å². The highest BCUT2D eigenvalue weighted by atomic mass is 35.5. The quantitative estimate of drug-likeness (QED) is 0.265. The van der Waals surface area contributed by atoms with Crippen LogP contribution in [0.25, 0.3) is 27.6 Å². The summed E-state index contributed by atoms with van der Waals surface area (Å²) in [6.45, 7) is 0. The number of anilines is 1. The summed E-state index contributed by atoms with van der Waals surface area (Å²) in [6.07, 6.45) is 0. The van der Waals surface area contributed by atoms with E-state index in [0.29, 0.717) is 20.9 Å². The highest BCUT2D eigenvalue weighted by Crippen LogP contribution is 2.31. The molecule has 2 heterocycles. The minimum Gasteiger partial charge on any atom is -0.324 e. The summed E-state index contributed by atoms with van der Waals surface area (Å²) in [5.74, 6) is -0.0350. The zero-order chi connectivity index (χ0) is 20.7. The molecule has 0 saturated carbocycles. The number of halogens is 2. The summed E-state index contributed by atoms with van der Waals surface area (Å²) >= 11 is 13.5. The van der Waals surface area contributed by atoms with Crippen molar-refractivity contribution in [2.75, 3.05) is 11.1 Å². The first-order chi connectivity index (χ1) is 14.6. The summed E-state index contributed by atoms with van der Waals surface area (Å²) in [6, 6.07) is 20.9. The van der Waals surface area contributed by atoms with Crippen molar-refractivity contribution in [3.63, 3.8) is 0 Å². The molecule has 5 rings (SSSR count). The smallest absolute Gasteiger partial charge is 0.234 e. The Morgan fingerprint density at radius 3 is 2.57 bits per heavy atom. The minimum atomic E-state index is -0.198. The number of aromatic nitrogens is 3. The van der Waals surface area contributed by atoms with Gasteiger partial charge in [-0.25, -0.2) is 9.97 Å². The Morgan fingerprint density at radius 1 is 0.933 bits per heavy atom. The molecule has 1 amide bonds. The van der Waals surface area contributed by atoms with Crippen LogP contribution in [0.4, 0.5) is 5.69 Å². The van der Waals surface area contributed by atoms with Crippen LogP contribution in [0.15, 0.2) is 71.9 Å². The Labute approximate surface area is 186 Å². The predicted molar refractivity (Wildman–Crippen MR) is 124 cm³/mol. The molecule has 0 atom stereocenters. The number of carbonyl (C=O) groups excluding carboxylic acids is 1. The third-order valence-electron chi connectivity index (χ3n) is 4.67. The third-order valence-corrected chi connectivity index (χ3v) is 6.43. The van der Waals surface area contributed by atoms with Crippen LogP contribution < -0.4 is 5.32 Å². The Hall–Kier alpha value is -2.80. The van der Waals surface area contributed by atoms with Gasteiger partial charge in [0.2, 0.25) is 5.91 Å². The van der Waals surface area contributed by atoms with Crippen LogP contribution >= 0.6 is 35.0 Å². The van der Waals surface area contributed by atoms with Gasteiger partial charge < -0.3 is 5.32 Å². The Balaban J connectivity index is 1.52. The molecule has 0 aliphatic heterocycles. The van der Waals surface area contributed by atoms with E-state index >= 15 is 0 Å². The van der Waals surface area contributed by atoms with Gasteiger partial charge in [-0.3, -0.25) is 9.20 Å². The van der Waals surface area contributed by atoms with Gasteiger partial charge in [0, 0.05) is 5.39 Å². The summed E-state index contributed by atoms with van der Waals surface area (Å²) < 4.78 is 2.00. The van der Waals surface area contributed by atoms with E-state index in [1.165, 1.54) is 11.8 Å². The fourth-order valence-corrected chi connectivity index (χ4v) is 4.48. The molecule has 0 aliphatic carbocycles. The number of fused-ring (bicyclic) bond motifs is 5. The predicted octanol–water partition coefficient (Wildman–Crippen LogP) is 6.07. The third kappa shape index (κ3) is 3.37. The first kappa shape index (κ1) is 19.2. The number of para-hydroxylation sites is 3. The molecule has 2 aromatic heterocycles. The van der Waals surface area contributed by atoms with E-state index in [0.717, 1.165) is 27.6 Å². The molecule has 148 valence electrons. The average molecular weight is 453 g/mol. The lowest BCUT2D eigenvalue weighted by Crippen LogP contribution is -2.15. The van der Waals surface area contributed by atoms with Crippen molar-refractivity contribution in [1.82, 2.24) is 14.4 Å². The molecular weight excluding hydrogens is 439 g/mol. The largest absolute Gasteiger partial charge is 0.324 e. The number of hydrogen-bond acceptors (Lipinski definition) is 4. The topological polar surface area (TPSA) is 59.3 Å². The first-order valence-corrected chi connectivity index (χ1v) is 10.9. The number of thioether (sulfide) groups is 1. The molecule has 0 bridgehead atoms. The van der Waals surface area contributed by atoms with Crippen molar-refractivity contribution in [2.45, 2.75) is 5.16 Å². The SMILES string of the molecule is O=C(CSc1nc2ccccc2c2nc3ccccc3n12)Nc1cccc(Cl)c1Cl. The second-order valence-electron chi connectivity index (χ2n) is 6.61. The fraction of sp³-hybridized carbons (Fsp3) is 0.0455. The normalized spacial score (nSPS) is 11.4. The van der Waals surface area contributed by atoms with E-state index in [1.54, 1.807) is 18.2 Å². The van der Waals surface area contributed by atoms with Gasteiger partial charge in [-0.05, 0) is 36.4 Å². The summed E-state index contributed by atoms with van der Waals surface area (Å²) in [4.78, 5) is 22.2. The van der Waals surface area contributed by atoms with Crippen molar-refractivity contribution in [1.29, 1.82) is 0 Å². The van der Waals surface area contributed by atoms with Crippen LogP contribution in [0.1, 0.15) is 0 Å². The van der Waals surface area contributed by atoms with Crippen molar-refractivity contribution >= 4 is 74.1 Å². The number of carbonyl (C=O) groups is 1. The highest BCUT2D eigenvalue weighted by molar-refractivity contribution is 7.99. The van der Waals surface area contributed by atoms with Crippen LogP contribution in [0.5, 0.6) is 0 Å². The van der Waals surface area contributed by atoms with Crippen LogP contribution in [0, 0.1) is 0 Å². The number of imidazole rings is 1. The van der Waals surface area contributed by atoms with Gasteiger partial charge in [0.1, 0.15) is 5.65 Å². The fourth-order valence-electron chi connectivity index (χ4n) is 3.33. The van der Waals surface area contributed by atoms with E-state index in [9.17, 15) is 4.79 Å². The number of hydrogen-bond donors (Lipinski definition) is 1. The monoisotopic (exact) mass is 452 g/mol. The maximum absolute atomic E-state index is 12.6. The standard InChI is InChI=1S/C22H14Cl2N4OS/c23-14-7-5-10-17(20(14)24)25-19(29)12-30-22-27-15-8-2-1-6-13(15)21-26-16-9-3-4-11-18(16)28(21)22/h1-11H,12H2,(H,25,29). The highest BCUT2D eigenvalue weighted by Gasteiger charge is 2.16. The first-order valence-electron chi connectivity index (χ1n) is 9.14. The molecule has 0 spiro atoms.